The van der Waals surface area contributed by atoms with Crippen molar-refractivity contribution in [3.63, 3.8) is 0 Å². The SMILES string of the molecule is N#Cc1cccc(Nc2nc(Cl)nnc2Cl)c1. The number of nitrogens with one attached hydrogen (secondary N) is 1. The molecule has 0 saturated carbocycles. The first kappa shape index (κ1) is 11.6. The third-order valence-corrected chi connectivity index (χ3v) is 2.29. The number of halogens is 2. The molecule has 0 spiro atoms. The Bertz CT molecular complexity index is 593. The van der Waals surface area contributed by atoms with Crippen molar-refractivity contribution in [1.82, 2.24) is 15.2 Å². The molecule has 0 bridgehead atoms. The molecule has 0 saturated heterocycles. The zero-order valence-corrected chi connectivity index (χ0v) is 9.87. The van der Waals surface area contributed by atoms with Crippen LogP contribution in [0.25, 0.3) is 0 Å². The highest BCUT2D eigenvalue weighted by molar-refractivity contribution is 6.32. The third kappa shape index (κ3) is 2.81. The molecule has 0 amide bonds. The molecule has 7 heteroatoms. The van der Waals surface area contributed by atoms with Gasteiger partial charge < -0.3 is 5.32 Å². The summed E-state index contributed by atoms with van der Waals surface area (Å²) in [6.45, 7) is 0. The topological polar surface area (TPSA) is 74.5 Å². The first-order valence-electron chi connectivity index (χ1n) is 4.52. The zero-order chi connectivity index (χ0) is 12.3. The number of anilines is 2. The van der Waals surface area contributed by atoms with Gasteiger partial charge in [-0.05, 0) is 29.8 Å². The minimum atomic E-state index is -0.00617. The largest absolute Gasteiger partial charge is 0.337 e. The van der Waals surface area contributed by atoms with Crippen molar-refractivity contribution < 1.29 is 0 Å². The van der Waals surface area contributed by atoms with E-state index in [0.29, 0.717) is 17.1 Å². The second-order valence-electron chi connectivity index (χ2n) is 3.04. The molecule has 0 unspecified atom stereocenters. The lowest BCUT2D eigenvalue weighted by Gasteiger charge is -2.06. The second kappa shape index (κ2) is 4.95. The van der Waals surface area contributed by atoms with Crippen molar-refractivity contribution in [3.05, 3.63) is 40.3 Å². The van der Waals surface area contributed by atoms with Crippen LogP contribution in [0.3, 0.4) is 0 Å². The van der Waals surface area contributed by atoms with Gasteiger partial charge in [-0.1, -0.05) is 17.7 Å². The summed E-state index contributed by atoms with van der Waals surface area (Å²) < 4.78 is 0. The molecule has 2 aromatic rings. The van der Waals surface area contributed by atoms with Crippen molar-refractivity contribution in [3.8, 4) is 6.07 Å². The fourth-order valence-electron chi connectivity index (χ4n) is 1.18. The Labute approximate surface area is 107 Å². The molecule has 0 radical (unpaired) electrons. The van der Waals surface area contributed by atoms with Gasteiger partial charge in [0, 0.05) is 5.69 Å². The molecule has 0 fully saturated rings. The Morgan fingerprint density at radius 1 is 1.24 bits per heavy atom. The fraction of sp³-hybridized carbons (Fsp3) is 0. The number of benzene rings is 1. The summed E-state index contributed by atoms with van der Waals surface area (Å²) >= 11 is 11.4. The van der Waals surface area contributed by atoms with E-state index in [4.69, 9.17) is 28.5 Å². The Hall–Kier alpha value is -1.90. The van der Waals surface area contributed by atoms with Crippen LogP contribution >= 0.6 is 23.2 Å². The summed E-state index contributed by atoms with van der Waals surface area (Å²) in [5, 5.41) is 18.9. The summed E-state index contributed by atoms with van der Waals surface area (Å²) in [5.41, 5.74) is 1.20. The quantitative estimate of drug-likeness (QED) is 0.904. The van der Waals surface area contributed by atoms with E-state index in [0.717, 1.165) is 0 Å². The first-order chi connectivity index (χ1) is 8.19. The van der Waals surface area contributed by atoms with Gasteiger partial charge in [0.05, 0.1) is 11.6 Å². The molecule has 1 aromatic carbocycles. The first-order valence-corrected chi connectivity index (χ1v) is 5.27. The molecular weight excluding hydrogens is 261 g/mol. The van der Waals surface area contributed by atoms with Gasteiger partial charge in [-0.25, -0.2) is 0 Å². The summed E-state index contributed by atoms with van der Waals surface area (Å²) in [5.74, 6) is 0.293. The normalized spacial score (nSPS) is 9.71. The van der Waals surface area contributed by atoms with Crippen LogP contribution < -0.4 is 5.32 Å². The highest BCUT2D eigenvalue weighted by atomic mass is 35.5. The van der Waals surface area contributed by atoms with Crippen LogP contribution in [0.1, 0.15) is 5.56 Å². The summed E-state index contributed by atoms with van der Waals surface area (Å²) in [4.78, 5) is 3.89. The minimum Gasteiger partial charge on any atom is -0.337 e. The standard InChI is InChI=1S/C10H5Cl2N5/c11-8-9(15-10(12)17-16-8)14-7-3-1-2-6(4-7)5-13/h1-4H,(H,14,15,17). The van der Waals surface area contributed by atoms with E-state index in [9.17, 15) is 0 Å². The van der Waals surface area contributed by atoms with Crippen LogP contribution in [0, 0.1) is 11.3 Å². The predicted octanol–water partition coefficient (Wildman–Crippen LogP) is 2.79. The van der Waals surface area contributed by atoms with Crippen LogP contribution in [0.5, 0.6) is 0 Å². The minimum absolute atomic E-state index is 0.00617. The maximum Gasteiger partial charge on any atom is 0.245 e. The molecule has 5 nitrogen and oxygen atoms in total. The number of hydrogen-bond donors (Lipinski definition) is 1. The Morgan fingerprint density at radius 2 is 2.06 bits per heavy atom. The summed E-state index contributed by atoms with van der Waals surface area (Å²) in [6, 6.07) is 8.90. The van der Waals surface area contributed by atoms with E-state index in [1.165, 1.54) is 0 Å². The smallest absolute Gasteiger partial charge is 0.245 e. The van der Waals surface area contributed by atoms with Gasteiger partial charge in [-0.2, -0.15) is 10.2 Å². The van der Waals surface area contributed by atoms with Crippen LogP contribution in [0.4, 0.5) is 11.5 Å². The van der Waals surface area contributed by atoms with Crippen LogP contribution in [0.2, 0.25) is 10.4 Å². The van der Waals surface area contributed by atoms with Crippen molar-refractivity contribution in [2.75, 3.05) is 5.32 Å². The maximum atomic E-state index is 8.76. The molecule has 0 aliphatic heterocycles. The number of rotatable bonds is 2. The van der Waals surface area contributed by atoms with Crippen molar-refractivity contribution in [2.45, 2.75) is 0 Å². The van der Waals surface area contributed by atoms with Gasteiger partial charge in [0.25, 0.3) is 0 Å². The Morgan fingerprint density at radius 3 is 2.82 bits per heavy atom. The lowest BCUT2D eigenvalue weighted by molar-refractivity contribution is 0.975. The Balaban J connectivity index is 2.31. The van der Waals surface area contributed by atoms with E-state index in [2.05, 4.69) is 20.5 Å². The highest BCUT2D eigenvalue weighted by Gasteiger charge is 2.06. The third-order valence-electron chi connectivity index (χ3n) is 1.87. The van der Waals surface area contributed by atoms with Gasteiger partial charge in [0.15, 0.2) is 11.0 Å². The molecular formula is C10H5Cl2N5. The van der Waals surface area contributed by atoms with Crippen molar-refractivity contribution in [2.24, 2.45) is 0 Å². The molecule has 1 heterocycles. The van der Waals surface area contributed by atoms with Gasteiger partial charge in [0.1, 0.15) is 0 Å². The van der Waals surface area contributed by atoms with Gasteiger partial charge >= 0.3 is 0 Å². The lowest BCUT2D eigenvalue weighted by atomic mass is 10.2. The zero-order valence-electron chi connectivity index (χ0n) is 8.35. The van der Waals surface area contributed by atoms with Gasteiger partial charge in [-0.15, -0.1) is 10.2 Å². The van der Waals surface area contributed by atoms with Crippen molar-refractivity contribution >= 4 is 34.7 Å². The monoisotopic (exact) mass is 265 g/mol. The lowest BCUT2D eigenvalue weighted by Crippen LogP contribution is -1.98. The Kier molecular flexibility index (Phi) is 3.38. The van der Waals surface area contributed by atoms with Crippen LogP contribution in [-0.2, 0) is 0 Å². The predicted molar refractivity (Wildman–Crippen MR) is 64.3 cm³/mol. The molecule has 0 atom stereocenters. The van der Waals surface area contributed by atoms with Crippen molar-refractivity contribution in [1.29, 1.82) is 5.26 Å². The van der Waals surface area contributed by atoms with E-state index in [1.54, 1.807) is 24.3 Å². The molecule has 1 N–H and O–H groups in total. The van der Waals surface area contributed by atoms with E-state index >= 15 is 0 Å². The maximum absolute atomic E-state index is 8.76. The molecule has 17 heavy (non-hydrogen) atoms. The van der Waals surface area contributed by atoms with Crippen LogP contribution in [0.15, 0.2) is 24.3 Å². The summed E-state index contributed by atoms with van der Waals surface area (Å²) in [7, 11) is 0. The van der Waals surface area contributed by atoms with E-state index in [-0.39, 0.29) is 10.4 Å². The second-order valence-corrected chi connectivity index (χ2v) is 3.73. The molecule has 1 aromatic heterocycles. The number of nitriles is 1. The van der Waals surface area contributed by atoms with E-state index < -0.39 is 0 Å². The molecule has 84 valence electrons. The number of aromatic nitrogens is 3. The number of nitrogens with zero attached hydrogens (tertiary/aromatic N) is 4. The summed E-state index contributed by atoms with van der Waals surface area (Å²) in [6.07, 6.45) is 0. The van der Waals surface area contributed by atoms with E-state index in [1.807, 2.05) is 6.07 Å². The number of hydrogen-bond acceptors (Lipinski definition) is 5. The average Bonchev–Trinajstić information content (AvgIpc) is 2.34. The van der Waals surface area contributed by atoms with Gasteiger partial charge in [-0.3, -0.25) is 0 Å². The molecule has 0 aliphatic carbocycles. The fourth-order valence-corrected chi connectivity index (χ4v) is 1.43. The highest BCUT2D eigenvalue weighted by Crippen LogP contribution is 2.22. The molecule has 2 rings (SSSR count). The molecule has 0 aliphatic rings. The van der Waals surface area contributed by atoms with Gasteiger partial charge in [0.2, 0.25) is 5.28 Å². The average molecular weight is 266 g/mol. The van der Waals surface area contributed by atoms with Crippen LogP contribution in [-0.4, -0.2) is 15.2 Å².